The van der Waals surface area contributed by atoms with Crippen molar-refractivity contribution in [3.05, 3.63) is 22.4 Å². The van der Waals surface area contributed by atoms with Crippen LogP contribution in [0.2, 0.25) is 0 Å². The first-order valence-electron chi connectivity index (χ1n) is 4.60. The fraction of sp³-hybridized carbons (Fsp3) is 0.556. The molecule has 0 aliphatic carbocycles. The van der Waals surface area contributed by atoms with Crippen molar-refractivity contribution in [2.24, 2.45) is 0 Å². The third-order valence-corrected chi connectivity index (χ3v) is 3.25. The molecule has 0 saturated heterocycles. The second-order valence-electron chi connectivity index (χ2n) is 3.07. The minimum Gasteiger partial charge on any atom is -0.387 e. The Hall–Kier alpha value is -0.240. The van der Waals surface area contributed by atoms with Crippen molar-refractivity contribution in [2.75, 3.05) is 18.8 Å². The molecule has 1 atom stereocenters. The Labute approximate surface area is 99.9 Å². The highest BCUT2D eigenvalue weighted by molar-refractivity contribution is 8.00. The number of thioether (sulfide) groups is 1. The predicted molar refractivity (Wildman–Crippen MR) is 60.7 cm³/mol. The summed E-state index contributed by atoms with van der Waals surface area (Å²) in [7, 11) is 0. The van der Waals surface area contributed by atoms with Gasteiger partial charge in [-0.2, -0.15) is 24.5 Å². The van der Waals surface area contributed by atoms with E-state index in [0.717, 1.165) is 5.56 Å². The molecule has 0 aliphatic rings. The third kappa shape index (κ3) is 5.74. The quantitative estimate of drug-likeness (QED) is 0.780. The number of alkyl halides is 3. The van der Waals surface area contributed by atoms with Gasteiger partial charge < -0.3 is 10.4 Å². The van der Waals surface area contributed by atoms with E-state index < -0.39 is 11.6 Å². The summed E-state index contributed by atoms with van der Waals surface area (Å²) in [6, 6.07) is 1.79. The van der Waals surface area contributed by atoms with Crippen molar-refractivity contribution in [1.82, 2.24) is 5.32 Å². The first-order valence-corrected chi connectivity index (χ1v) is 6.53. The van der Waals surface area contributed by atoms with Crippen LogP contribution in [0.4, 0.5) is 13.2 Å². The number of aliphatic hydroxyl groups is 1. The second kappa shape index (κ2) is 6.48. The molecule has 0 radical (unpaired) electrons. The van der Waals surface area contributed by atoms with E-state index in [1.54, 1.807) is 6.07 Å². The van der Waals surface area contributed by atoms with Crippen molar-refractivity contribution < 1.29 is 18.3 Å². The van der Waals surface area contributed by atoms with E-state index in [1.807, 2.05) is 10.8 Å². The zero-order valence-electron chi connectivity index (χ0n) is 8.33. The maximum atomic E-state index is 11.8. The number of rotatable bonds is 6. The summed E-state index contributed by atoms with van der Waals surface area (Å²) in [6.45, 7) is 0.501. The smallest absolute Gasteiger partial charge is 0.387 e. The molecule has 1 rings (SSSR count). The second-order valence-corrected chi connectivity index (χ2v) is 5.01. The molecule has 1 aromatic rings. The lowest BCUT2D eigenvalue weighted by molar-refractivity contribution is -0.0327. The van der Waals surface area contributed by atoms with Crippen LogP contribution in [0, 0.1) is 0 Å². The Morgan fingerprint density at radius 3 is 2.81 bits per heavy atom. The van der Waals surface area contributed by atoms with Gasteiger partial charge in [-0.05, 0) is 34.2 Å². The maximum absolute atomic E-state index is 11.8. The van der Waals surface area contributed by atoms with E-state index in [-0.39, 0.29) is 30.6 Å². The number of halogens is 3. The van der Waals surface area contributed by atoms with Crippen LogP contribution in [-0.4, -0.2) is 29.5 Å². The number of hydrogen-bond donors (Lipinski definition) is 2. The Balaban J connectivity index is 2.08. The Kier molecular flexibility index (Phi) is 5.60. The van der Waals surface area contributed by atoms with Gasteiger partial charge in [-0.15, -0.1) is 0 Å². The lowest BCUT2D eigenvalue weighted by atomic mass is 10.2. The Bertz CT molecular complexity index is 289. The first-order chi connectivity index (χ1) is 7.49. The summed E-state index contributed by atoms with van der Waals surface area (Å²) in [5, 5.41) is 16.0. The largest absolute Gasteiger partial charge is 0.441 e. The topological polar surface area (TPSA) is 32.3 Å². The first kappa shape index (κ1) is 13.8. The SMILES string of the molecule is OC(CNCCSC(F)(F)F)c1ccsc1. The van der Waals surface area contributed by atoms with E-state index in [1.165, 1.54) is 11.3 Å². The molecular weight excluding hydrogens is 259 g/mol. The van der Waals surface area contributed by atoms with E-state index in [9.17, 15) is 18.3 Å². The minimum atomic E-state index is -4.17. The predicted octanol–water partition coefficient (Wildman–Crippen LogP) is 2.62. The lowest BCUT2D eigenvalue weighted by Crippen LogP contribution is -2.24. The van der Waals surface area contributed by atoms with Crippen molar-refractivity contribution in [3.8, 4) is 0 Å². The van der Waals surface area contributed by atoms with Crippen LogP contribution in [0.15, 0.2) is 16.8 Å². The molecule has 0 saturated carbocycles. The zero-order chi connectivity index (χ0) is 12.0. The molecular formula is C9H12F3NOS2. The average Bonchev–Trinajstić information content (AvgIpc) is 2.67. The molecule has 1 aromatic heterocycles. The van der Waals surface area contributed by atoms with Gasteiger partial charge in [-0.1, -0.05) is 0 Å². The van der Waals surface area contributed by atoms with Gasteiger partial charge in [0.1, 0.15) is 0 Å². The molecule has 0 amide bonds. The van der Waals surface area contributed by atoms with Crippen LogP contribution in [0.5, 0.6) is 0 Å². The van der Waals surface area contributed by atoms with Gasteiger partial charge in [0.15, 0.2) is 0 Å². The van der Waals surface area contributed by atoms with E-state index >= 15 is 0 Å². The normalized spacial score (nSPS) is 14.0. The van der Waals surface area contributed by atoms with Crippen LogP contribution in [0.25, 0.3) is 0 Å². The molecule has 0 bridgehead atoms. The average molecular weight is 271 g/mol. The van der Waals surface area contributed by atoms with Crippen molar-refractivity contribution in [3.63, 3.8) is 0 Å². The van der Waals surface area contributed by atoms with Crippen molar-refractivity contribution in [1.29, 1.82) is 0 Å². The van der Waals surface area contributed by atoms with E-state index in [0.29, 0.717) is 0 Å². The Morgan fingerprint density at radius 2 is 2.25 bits per heavy atom. The molecule has 1 unspecified atom stereocenters. The molecule has 2 nitrogen and oxygen atoms in total. The molecule has 92 valence electrons. The summed E-state index contributed by atoms with van der Waals surface area (Å²) < 4.78 is 35.3. The fourth-order valence-corrected chi connectivity index (χ4v) is 2.25. The molecule has 1 heterocycles. The molecule has 0 aromatic carbocycles. The van der Waals surface area contributed by atoms with E-state index in [2.05, 4.69) is 5.32 Å². The summed E-state index contributed by atoms with van der Waals surface area (Å²) in [5.41, 5.74) is -3.38. The zero-order valence-corrected chi connectivity index (χ0v) is 9.96. The van der Waals surface area contributed by atoms with Gasteiger partial charge >= 0.3 is 5.51 Å². The Morgan fingerprint density at radius 1 is 1.50 bits per heavy atom. The van der Waals surface area contributed by atoms with Crippen molar-refractivity contribution in [2.45, 2.75) is 11.6 Å². The number of aliphatic hydroxyl groups excluding tert-OH is 1. The number of nitrogens with one attached hydrogen (secondary N) is 1. The summed E-state index contributed by atoms with van der Waals surface area (Å²) in [5.74, 6) is -0.0418. The van der Waals surface area contributed by atoms with Gasteiger partial charge in [0.25, 0.3) is 0 Å². The monoisotopic (exact) mass is 271 g/mol. The highest BCUT2D eigenvalue weighted by Crippen LogP contribution is 2.29. The summed E-state index contributed by atoms with van der Waals surface area (Å²) >= 11 is 1.41. The highest BCUT2D eigenvalue weighted by Gasteiger charge is 2.27. The van der Waals surface area contributed by atoms with Crippen LogP contribution in [-0.2, 0) is 0 Å². The van der Waals surface area contributed by atoms with Gasteiger partial charge in [0, 0.05) is 18.8 Å². The van der Waals surface area contributed by atoms with Gasteiger partial charge in [0.2, 0.25) is 0 Å². The summed E-state index contributed by atoms with van der Waals surface area (Å²) in [6.07, 6.45) is -0.651. The highest BCUT2D eigenvalue weighted by atomic mass is 32.2. The van der Waals surface area contributed by atoms with Crippen molar-refractivity contribution >= 4 is 23.1 Å². The van der Waals surface area contributed by atoms with Gasteiger partial charge in [-0.3, -0.25) is 0 Å². The number of thiophene rings is 1. The molecule has 7 heteroatoms. The standard InChI is InChI=1S/C9H12F3NOS2/c10-9(11,12)16-4-2-13-5-8(14)7-1-3-15-6-7/h1,3,6,8,13-14H,2,4-5H2. The van der Waals surface area contributed by atoms with Gasteiger partial charge in [-0.25, -0.2) is 0 Å². The molecule has 0 spiro atoms. The third-order valence-electron chi connectivity index (χ3n) is 1.81. The van der Waals surface area contributed by atoms with E-state index in [4.69, 9.17) is 0 Å². The lowest BCUT2D eigenvalue weighted by Gasteiger charge is -2.10. The van der Waals surface area contributed by atoms with Crippen LogP contribution >= 0.6 is 23.1 Å². The molecule has 0 fully saturated rings. The van der Waals surface area contributed by atoms with Crippen LogP contribution in [0.1, 0.15) is 11.7 Å². The minimum absolute atomic E-state index is 0.0418. The van der Waals surface area contributed by atoms with Gasteiger partial charge in [0.05, 0.1) is 6.10 Å². The van der Waals surface area contributed by atoms with Crippen LogP contribution in [0.3, 0.4) is 0 Å². The molecule has 0 aliphatic heterocycles. The molecule has 2 N–H and O–H groups in total. The maximum Gasteiger partial charge on any atom is 0.441 e. The summed E-state index contributed by atoms with van der Waals surface area (Å²) in [4.78, 5) is 0. The number of hydrogen-bond acceptors (Lipinski definition) is 4. The van der Waals surface area contributed by atoms with Crippen LogP contribution < -0.4 is 5.32 Å². The fourth-order valence-electron chi connectivity index (χ4n) is 1.06. The molecule has 16 heavy (non-hydrogen) atoms.